The number of benzene rings is 4. The van der Waals surface area contributed by atoms with Gasteiger partial charge in [-0.3, -0.25) is 9.69 Å². The quantitative estimate of drug-likeness (QED) is 0.129. The first-order chi connectivity index (χ1) is 24.0. The van der Waals surface area contributed by atoms with E-state index in [9.17, 15) is 9.59 Å². The Labute approximate surface area is 286 Å². The van der Waals surface area contributed by atoms with Crippen molar-refractivity contribution in [2.75, 3.05) is 43.5 Å². The number of fused-ring (bicyclic) bond motifs is 2. The summed E-state index contributed by atoms with van der Waals surface area (Å²) >= 11 is 0. The molecule has 3 aliphatic heterocycles. The molecule has 0 aromatic heterocycles. The van der Waals surface area contributed by atoms with Crippen molar-refractivity contribution in [2.45, 2.75) is 31.2 Å². The van der Waals surface area contributed by atoms with Crippen molar-refractivity contribution in [1.29, 1.82) is 0 Å². The first kappa shape index (κ1) is 32.3. The molecule has 9 heteroatoms. The van der Waals surface area contributed by atoms with E-state index in [1.54, 1.807) is 31.2 Å². The molecule has 2 bridgehead atoms. The first-order valence-electron chi connectivity index (χ1n) is 16.7. The number of carbonyl (C=O) groups excluding carboxylic acids is 2. The minimum atomic E-state index is -1.31. The largest absolute Gasteiger partial charge is 0.463 e. The molecule has 4 aromatic rings. The average molecular weight is 658 g/mol. The van der Waals surface area contributed by atoms with E-state index >= 15 is 0 Å². The van der Waals surface area contributed by atoms with Crippen LogP contribution in [0.4, 0.5) is 11.4 Å². The maximum atomic E-state index is 14.0. The van der Waals surface area contributed by atoms with Crippen molar-refractivity contribution >= 4 is 23.3 Å². The van der Waals surface area contributed by atoms with Gasteiger partial charge in [-0.05, 0) is 72.7 Å². The molecule has 4 aromatic carbocycles. The molecule has 7 rings (SSSR count). The molecule has 49 heavy (non-hydrogen) atoms. The number of carbonyl (C=O) groups is 2. The Kier molecular flexibility index (Phi) is 9.56. The molecule has 250 valence electrons. The molecule has 3 heterocycles. The Hall–Kier alpha value is -5.22. The number of ether oxygens (including phenoxy) is 4. The van der Waals surface area contributed by atoms with Gasteiger partial charge in [-0.15, -0.1) is 0 Å². The summed E-state index contributed by atoms with van der Waals surface area (Å²) in [5.74, 6) is 0.321. The number of nitrogens with zero attached hydrogens (tertiary/aromatic N) is 1. The van der Waals surface area contributed by atoms with Gasteiger partial charge in [0.25, 0.3) is 5.91 Å². The molecular formula is C40H39N3O6. The van der Waals surface area contributed by atoms with Crippen LogP contribution < -0.4 is 15.4 Å². The molecule has 0 radical (unpaired) electrons. The van der Waals surface area contributed by atoms with Crippen LogP contribution in [0.3, 0.4) is 0 Å². The molecule has 3 aliphatic rings. The van der Waals surface area contributed by atoms with Gasteiger partial charge in [-0.2, -0.15) is 0 Å². The van der Waals surface area contributed by atoms with Crippen molar-refractivity contribution in [3.63, 3.8) is 0 Å². The lowest BCUT2D eigenvalue weighted by Gasteiger charge is -2.36. The Morgan fingerprint density at radius 1 is 0.857 bits per heavy atom. The van der Waals surface area contributed by atoms with Crippen LogP contribution >= 0.6 is 0 Å². The lowest BCUT2D eigenvalue weighted by molar-refractivity contribution is -0.140. The summed E-state index contributed by atoms with van der Waals surface area (Å²) in [6.45, 7) is 5.99. The highest BCUT2D eigenvalue weighted by Gasteiger charge is 2.58. The highest BCUT2D eigenvalue weighted by atomic mass is 16.5. The lowest BCUT2D eigenvalue weighted by Crippen LogP contribution is -2.42. The van der Waals surface area contributed by atoms with E-state index < -0.39 is 29.6 Å². The third-order valence-electron chi connectivity index (χ3n) is 8.94. The van der Waals surface area contributed by atoms with Crippen LogP contribution in [-0.4, -0.2) is 61.4 Å². The summed E-state index contributed by atoms with van der Waals surface area (Å²) in [5.41, 5.74) is 2.59. The second-order valence-electron chi connectivity index (χ2n) is 12.2. The van der Waals surface area contributed by atoms with Gasteiger partial charge >= 0.3 is 5.97 Å². The summed E-state index contributed by atoms with van der Waals surface area (Å²) in [7, 11) is 0. The van der Waals surface area contributed by atoms with Crippen LogP contribution in [0.15, 0.2) is 132 Å². The van der Waals surface area contributed by atoms with Gasteiger partial charge in [-0.25, -0.2) is 4.79 Å². The van der Waals surface area contributed by atoms with E-state index in [0.717, 1.165) is 44.1 Å². The standard InChI is InChI=1S/C40H39N3O6/c1-2-47-39(45)36-35(38(44)42-31-17-19-33(20-18-31)48-32-11-7-4-8-12-32)34-21-22-40(36,49-34)37(41-30-9-5-3-6-10-30)29-15-13-28(14-16-29)27-43-23-25-46-26-24-43/h3-22,34,37,41H,2,23-27H2,1H3,(H,42,44). The van der Waals surface area contributed by atoms with E-state index in [0.29, 0.717) is 17.2 Å². The van der Waals surface area contributed by atoms with Crippen LogP contribution in [0.5, 0.6) is 11.5 Å². The van der Waals surface area contributed by atoms with Crippen molar-refractivity contribution in [1.82, 2.24) is 4.90 Å². The number of para-hydroxylation sites is 2. The monoisotopic (exact) mass is 657 g/mol. The van der Waals surface area contributed by atoms with E-state index in [4.69, 9.17) is 18.9 Å². The number of hydrogen-bond donors (Lipinski definition) is 2. The molecule has 0 saturated carbocycles. The number of nitrogens with one attached hydrogen (secondary N) is 2. The normalized spacial score (nSPS) is 20.6. The van der Waals surface area contributed by atoms with Gasteiger partial charge in [0.1, 0.15) is 23.2 Å². The maximum absolute atomic E-state index is 14.0. The van der Waals surface area contributed by atoms with Crippen LogP contribution in [-0.2, 0) is 30.3 Å². The van der Waals surface area contributed by atoms with Gasteiger partial charge in [-0.1, -0.05) is 66.7 Å². The van der Waals surface area contributed by atoms with Gasteiger partial charge in [0.05, 0.1) is 37.0 Å². The van der Waals surface area contributed by atoms with Crippen LogP contribution in [0.2, 0.25) is 0 Å². The van der Waals surface area contributed by atoms with Crippen molar-refractivity contribution in [3.05, 3.63) is 144 Å². The zero-order chi connectivity index (χ0) is 33.6. The first-order valence-corrected chi connectivity index (χ1v) is 16.7. The Morgan fingerprint density at radius 3 is 2.22 bits per heavy atom. The molecule has 0 spiro atoms. The summed E-state index contributed by atoms with van der Waals surface area (Å²) in [6, 6.07) is 34.1. The van der Waals surface area contributed by atoms with Crippen molar-refractivity contribution < 1.29 is 28.5 Å². The number of amides is 1. The van der Waals surface area contributed by atoms with Gasteiger partial charge in [0.2, 0.25) is 0 Å². The molecular weight excluding hydrogens is 618 g/mol. The summed E-state index contributed by atoms with van der Waals surface area (Å²) < 4.78 is 23.7. The zero-order valence-electron chi connectivity index (χ0n) is 27.3. The van der Waals surface area contributed by atoms with Crippen LogP contribution in [0.1, 0.15) is 24.1 Å². The SMILES string of the molecule is CCOC(=O)C1=C(C(=O)Nc2ccc(Oc3ccccc3)cc2)C2C=CC1(C(Nc1ccccc1)c1ccc(CN3CCOCC3)cc1)O2. The lowest BCUT2D eigenvalue weighted by atomic mass is 9.78. The van der Waals surface area contributed by atoms with Gasteiger partial charge < -0.3 is 29.6 Å². The highest BCUT2D eigenvalue weighted by Crippen LogP contribution is 2.51. The Morgan fingerprint density at radius 2 is 1.53 bits per heavy atom. The van der Waals surface area contributed by atoms with Gasteiger partial charge in [0.15, 0.2) is 0 Å². The zero-order valence-corrected chi connectivity index (χ0v) is 27.3. The van der Waals surface area contributed by atoms with Crippen LogP contribution in [0.25, 0.3) is 0 Å². The molecule has 1 saturated heterocycles. The molecule has 1 fully saturated rings. The smallest absolute Gasteiger partial charge is 0.337 e. The van der Waals surface area contributed by atoms with E-state index in [2.05, 4.69) is 39.8 Å². The van der Waals surface area contributed by atoms with Crippen molar-refractivity contribution in [3.8, 4) is 11.5 Å². The molecule has 3 unspecified atom stereocenters. The topological polar surface area (TPSA) is 98.4 Å². The van der Waals surface area contributed by atoms with E-state index in [-0.39, 0.29) is 17.8 Å². The molecule has 9 nitrogen and oxygen atoms in total. The minimum Gasteiger partial charge on any atom is -0.463 e. The Balaban J connectivity index is 1.20. The fraction of sp³-hybridized carbons (Fsp3) is 0.250. The molecule has 0 aliphatic carbocycles. The number of rotatable bonds is 12. The third-order valence-corrected chi connectivity index (χ3v) is 8.94. The fourth-order valence-corrected chi connectivity index (χ4v) is 6.59. The van der Waals surface area contributed by atoms with Crippen molar-refractivity contribution in [2.24, 2.45) is 0 Å². The number of esters is 1. The van der Waals surface area contributed by atoms with E-state index in [1.165, 1.54) is 5.56 Å². The predicted molar refractivity (Wildman–Crippen MR) is 187 cm³/mol. The fourth-order valence-electron chi connectivity index (χ4n) is 6.59. The summed E-state index contributed by atoms with van der Waals surface area (Å²) in [6.07, 6.45) is 3.00. The van der Waals surface area contributed by atoms with Gasteiger partial charge in [0, 0.05) is 31.0 Å². The Bertz CT molecular complexity index is 1820. The van der Waals surface area contributed by atoms with Crippen LogP contribution in [0, 0.1) is 0 Å². The molecule has 1 amide bonds. The minimum absolute atomic E-state index is 0.150. The molecule has 2 N–H and O–H groups in total. The third kappa shape index (κ3) is 7.00. The number of morpholine rings is 1. The molecule has 3 atom stereocenters. The number of hydrogen-bond acceptors (Lipinski definition) is 8. The maximum Gasteiger partial charge on any atom is 0.337 e. The highest BCUT2D eigenvalue weighted by molar-refractivity contribution is 6.12. The average Bonchev–Trinajstić information content (AvgIpc) is 3.72. The predicted octanol–water partition coefficient (Wildman–Crippen LogP) is 6.67. The second kappa shape index (κ2) is 14.5. The second-order valence-corrected chi connectivity index (χ2v) is 12.2. The van der Waals surface area contributed by atoms with E-state index in [1.807, 2.05) is 72.8 Å². The number of anilines is 2. The summed E-state index contributed by atoms with van der Waals surface area (Å²) in [5, 5.41) is 6.60. The summed E-state index contributed by atoms with van der Waals surface area (Å²) in [4.78, 5) is 30.3.